The number of aromatic nitrogens is 3. The van der Waals surface area contributed by atoms with E-state index in [2.05, 4.69) is 20.1 Å². The van der Waals surface area contributed by atoms with E-state index in [0.29, 0.717) is 29.6 Å². The second kappa shape index (κ2) is 6.97. The number of rotatable bonds is 3. The number of thiazole rings is 1. The SMILES string of the molecule is Cc1ncc(CN2CCN(C(=O)c3n[nH]c(=O)c4ccccc34)CC2)s1. The number of nitrogens with zero attached hydrogens (tertiary/aromatic N) is 4. The van der Waals surface area contributed by atoms with Crippen LogP contribution in [0.1, 0.15) is 20.4 Å². The fraction of sp³-hybridized carbons (Fsp3) is 0.333. The first kappa shape index (κ1) is 16.9. The molecule has 0 spiro atoms. The van der Waals surface area contributed by atoms with Crippen LogP contribution in [0.5, 0.6) is 0 Å². The van der Waals surface area contributed by atoms with Crippen LogP contribution in [0.15, 0.2) is 35.3 Å². The highest BCUT2D eigenvalue weighted by Crippen LogP contribution is 2.18. The Morgan fingerprint density at radius 3 is 2.62 bits per heavy atom. The average molecular weight is 369 g/mol. The lowest BCUT2D eigenvalue weighted by atomic mass is 10.1. The summed E-state index contributed by atoms with van der Waals surface area (Å²) in [6.45, 7) is 5.78. The Morgan fingerprint density at radius 1 is 1.19 bits per heavy atom. The van der Waals surface area contributed by atoms with E-state index in [9.17, 15) is 9.59 Å². The molecule has 1 fully saturated rings. The summed E-state index contributed by atoms with van der Waals surface area (Å²) in [6.07, 6.45) is 1.92. The van der Waals surface area contributed by atoms with Gasteiger partial charge in [0.2, 0.25) is 0 Å². The molecule has 7 nitrogen and oxygen atoms in total. The van der Waals surface area contributed by atoms with Gasteiger partial charge in [-0.15, -0.1) is 11.3 Å². The third-order valence-corrected chi connectivity index (χ3v) is 5.50. The van der Waals surface area contributed by atoms with E-state index >= 15 is 0 Å². The zero-order valence-electron chi connectivity index (χ0n) is 14.4. The Morgan fingerprint density at radius 2 is 1.92 bits per heavy atom. The molecule has 4 rings (SSSR count). The molecule has 8 heteroatoms. The first-order chi connectivity index (χ1) is 12.6. The summed E-state index contributed by atoms with van der Waals surface area (Å²) in [6, 6.07) is 7.08. The summed E-state index contributed by atoms with van der Waals surface area (Å²) in [5, 5.41) is 8.63. The molecule has 134 valence electrons. The van der Waals surface area contributed by atoms with Gasteiger partial charge >= 0.3 is 0 Å². The molecule has 1 aliphatic rings. The first-order valence-electron chi connectivity index (χ1n) is 8.52. The molecule has 2 aromatic heterocycles. The standard InChI is InChI=1S/C18H19N5O2S/c1-12-19-10-13(26-12)11-22-6-8-23(9-7-22)18(25)16-14-4-2-3-5-15(14)17(24)21-20-16/h2-5,10H,6-9,11H2,1H3,(H,21,24). The largest absolute Gasteiger partial charge is 0.335 e. The lowest BCUT2D eigenvalue weighted by Gasteiger charge is -2.34. The van der Waals surface area contributed by atoms with Gasteiger partial charge in [-0.3, -0.25) is 14.5 Å². The van der Waals surface area contributed by atoms with Crippen LogP contribution in [-0.4, -0.2) is 57.1 Å². The van der Waals surface area contributed by atoms with Gasteiger partial charge < -0.3 is 4.90 Å². The summed E-state index contributed by atoms with van der Waals surface area (Å²) >= 11 is 1.71. The molecular weight excluding hydrogens is 350 g/mol. The van der Waals surface area contributed by atoms with Gasteiger partial charge in [0.25, 0.3) is 11.5 Å². The Balaban J connectivity index is 1.47. The fourth-order valence-electron chi connectivity index (χ4n) is 3.24. The number of hydrogen-bond acceptors (Lipinski definition) is 6. The maximum Gasteiger partial charge on any atom is 0.275 e. The van der Waals surface area contributed by atoms with Gasteiger partial charge in [0.05, 0.1) is 10.4 Å². The molecule has 0 radical (unpaired) electrons. The van der Waals surface area contributed by atoms with Crippen molar-refractivity contribution in [2.24, 2.45) is 0 Å². The van der Waals surface area contributed by atoms with Crippen molar-refractivity contribution in [2.45, 2.75) is 13.5 Å². The minimum atomic E-state index is -0.276. The normalized spacial score (nSPS) is 15.5. The van der Waals surface area contributed by atoms with Crippen molar-refractivity contribution in [3.8, 4) is 0 Å². The van der Waals surface area contributed by atoms with Crippen molar-refractivity contribution >= 4 is 28.0 Å². The summed E-state index contributed by atoms with van der Waals surface area (Å²) in [5.74, 6) is -0.134. The number of piperazine rings is 1. The lowest BCUT2D eigenvalue weighted by molar-refractivity contribution is 0.0625. The molecule has 1 aliphatic heterocycles. The van der Waals surface area contributed by atoms with Crippen LogP contribution in [0, 0.1) is 6.92 Å². The Hall–Kier alpha value is -2.58. The molecule has 1 amide bonds. The van der Waals surface area contributed by atoms with E-state index in [1.54, 1.807) is 29.5 Å². The second-order valence-corrected chi connectivity index (χ2v) is 7.68. The number of carbonyl (C=O) groups is 1. The summed E-state index contributed by atoms with van der Waals surface area (Å²) < 4.78 is 0. The quantitative estimate of drug-likeness (QED) is 0.759. The molecule has 3 heterocycles. The summed E-state index contributed by atoms with van der Waals surface area (Å²) in [5.41, 5.74) is 0.0357. The van der Waals surface area contributed by atoms with Crippen LogP contribution in [0.25, 0.3) is 10.8 Å². The van der Waals surface area contributed by atoms with Crippen LogP contribution in [0.3, 0.4) is 0 Å². The Labute approximate surface area is 154 Å². The molecule has 3 aromatic rings. The van der Waals surface area contributed by atoms with Crippen molar-refractivity contribution in [1.29, 1.82) is 0 Å². The number of benzene rings is 1. The van der Waals surface area contributed by atoms with Crippen LogP contribution in [-0.2, 0) is 6.54 Å². The predicted octanol–water partition coefficient (Wildman–Crippen LogP) is 1.65. The number of carbonyl (C=O) groups excluding carboxylic acids is 1. The minimum absolute atomic E-state index is 0.134. The number of H-pyrrole nitrogens is 1. The van der Waals surface area contributed by atoms with Gasteiger partial charge in [-0.2, -0.15) is 5.10 Å². The van der Waals surface area contributed by atoms with E-state index in [1.807, 2.05) is 24.1 Å². The van der Waals surface area contributed by atoms with Gasteiger partial charge in [0, 0.05) is 49.2 Å². The van der Waals surface area contributed by atoms with Gasteiger partial charge in [0.15, 0.2) is 5.69 Å². The summed E-state index contributed by atoms with van der Waals surface area (Å²) in [4.78, 5) is 34.5. The maximum atomic E-state index is 12.9. The lowest BCUT2D eigenvalue weighted by Crippen LogP contribution is -2.48. The van der Waals surface area contributed by atoms with Gasteiger partial charge in [-0.1, -0.05) is 18.2 Å². The molecule has 0 aliphatic carbocycles. The highest BCUT2D eigenvalue weighted by atomic mass is 32.1. The zero-order valence-corrected chi connectivity index (χ0v) is 15.3. The number of amides is 1. The van der Waals surface area contributed by atoms with Crippen molar-refractivity contribution < 1.29 is 4.79 Å². The molecule has 0 bridgehead atoms. The zero-order chi connectivity index (χ0) is 18.1. The van der Waals surface area contributed by atoms with Crippen molar-refractivity contribution in [1.82, 2.24) is 25.0 Å². The fourth-order valence-corrected chi connectivity index (χ4v) is 4.07. The number of hydrogen-bond donors (Lipinski definition) is 1. The van der Waals surface area contributed by atoms with Gasteiger partial charge in [0.1, 0.15) is 0 Å². The monoisotopic (exact) mass is 369 g/mol. The molecule has 0 saturated carbocycles. The third kappa shape index (κ3) is 3.25. The van der Waals surface area contributed by atoms with Crippen molar-refractivity contribution in [3.63, 3.8) is 0 Å². The molecule has 1 saturated heterocycles. The smallest absolute Gasteiger partial charge is 0.275 e. The second-order valence-electron chi connectivity index (χ2n) is 6.36. The average Bonchev–Trinajstić information content (AvgIpc) is 3.07. The van der Waals surface area contributed by atoms with Crippen molar-refractivity contribution in [2.75, 3.05) is 26.2 Å². The number of fused-ring (bicyclic) bond motifs is 1. The maximum absolute atomic E-state index is 12.9. The number of nitrogens with one attached hydrogen (secondary N) is 1. The van der Waals surface area contributed by atoms with Crippen LogP contribution in [0.4, 0.5) is 0 Å². The van der Waals surface area contributed by atoms with Crippen LogP contribution >= 0.6 is 11.3 Å². The predicted molar refractivity (Wildman–Crippen MR) is 100 cm³/mol. The van der Waals surface area contributed by atoms with E-state index < -0.39 is 0 Å². The first-order valence-corrected chi connectivity index (χ1v) is 9.34. The topological polar surface area (TPSA) is 82.2 Å². The number of aromatic amines is 1. The van der Waals surface area contributed by atoms with E-state index in [1.165, 1.54) is 4.88 Å². The molecule has 26 heavy (non-hydrogen) atoms. The molecule has 1 aromatic carbocycles. The molecule has 0 atom stereocenters. The van der Waals surface area contributed by atoms with Crippen LogP contribution < -0.4 is 5.56 Å². The van der Waals surface area contributed by atoms with Crippen molar-refractivity contribution in [3.05, 3.63) is 56.4 Å². The third-order valence-electron chi connectivity index (χ3n) is 4.61. The van der Waals surface area contributed by atoms with Gasteiger partial charge in [-0.25, -0.2) is 10.1 Å². The molecule has 1 N–H and O–H groups in total. The van der Waals surface area contributed by atoms with E-state index in [-0.39, 0.29) is 11.5 Å². The summed E-state index contributed by atoms with van der Waals surface area (Å²) in [7, 11) is 0. The number of aryl methyl sites for hydroxylation is 1. The Bertz CT molecular complexity index is 1000. The highest BCUT2D eigenvalue weighted by Gasteiger charge is 2.25. The highest BCUT2D eigenvalue weighted by molar-refractivity contribution is 7.11. The van der Waals surface area contributed by atoms with E-state index in [0.717, 1.165) is 24.6 Å². The molecule has 0 unspecified atom stereocenters. The Kier molecular flexibility index (Phi) is 4.52. The van der Waals surface area contributed by atoms with Crippen LogP contribution in [0.2, 0.25) is 0 Å². The molecular formula is C18H19N5O2S. The van der Waals surface area contributed by atoms with Gasteiger partial charge in [-0.05, 0) is 13.0 Å². The van der Waals surface area contributed by atoms with E-state index in [4.69, 9.17) is 0 Å². The minimum Gasteiger partial charge on any atom is -0.335 e.